The predicted molar refractivity (Wildman–Crippen MR) is 90.4 cm³/mol. The highest BCUT2D eigenvalue weighted by molar-refractivity contribution is 15.0. The van der Waals surface area contributed by atoms with E-state index in [0.717, 1.165) is 31.7 Å². The molecule has 19 heavy (non-hydrogen) atoms. The molecular formula is C13H15I2NO3. The molecule has 4 nitrogen and oxygen atoms in total. The van der Waals surface area contributed by atoms with Crippen molar-refractivity contribution in [1.82, 2.24) is 4.90 Å². The third-order valence-electron chi connectivity index (χ3n) is 3.26. The highest BCUT2D eigenvalue weighted by Crippen LogP contribution is 2.32. The molecule has 0 radical (unpaired) electrons. The first-order valence-electron chi connectivity index (χ1n) is 6.18. The topological polar surface area (TPSA) is 38.8 Å². The number of ether oxygens (including phenoxy) is 2. The molecule has 1 aromatic carbocycles. The molecule has 0 unspecified atom stereocenters. The summed E-state index contributed by atoms with van der Waals surface area (Å²) in [7, 11) is 0. The van der Waals surface area contributed by atoms with Crippen molar-refractivity contribution < 1.29 is 14.3 Å². The second-order valence-corrected chi connectivity index (χ2v) is 4.42. The van der Waals surface area contributed by atoms with Gasteiger partial charge in [0.15, 0.2) is 11.5 Å². The number of hydrogen-bond acceptors (Lipinski definition) is 3. The summed E-state index contributed by atoms with van der Waals surface area (Å²) in [6.07, 6.45) is 3.44. The maximum Gasteiger partial charge on any atom is 0.253 e. The maximum atomic E-state index is 12.2. The van der Waals surface area contributed by atoms with Crippen molar-refractivity contribution in [2.75, 3.05) is 19.9 Å². The van der Waals surface area contributed by atoms with Crippen LogP contribution < -0.4 is 9.47 Å². The lowest BCUT2D eigenvalue weighted by Crippen LogP contribution is -2.35. The van der Waals surface area contributed by atoms with Crippen molar-refractivity contribution in [2.24, 2.45) is 0 Å². The monoisotopic (exact) mass is 487 g/mol. The Balaban J connectivity index is 0.000000637. The lowest BCUT2D eigenvalue weighted by Gasteiger charge is -2.26. The van der Waals surface area contributed by atoms with Crippen molar-refractivity contribution >= 4 is 43.1 Å². The van der Waals surface area contributed by atoms with Gasteiger partial charge in [-0.1, -0.05) is 0 Å². The number of carbonyl (C=O) groups excluding carboxylic acids is 1. The minimum absolute atomic E-state index is 0.100. The molecule has 0 aliphatic carbocycles. The van der Waals surface area contributed by atoms with Crippen LogP contribution in [0.4, 0.5) is 0 Å². The van der Waals surface area contributed by atoms with E-state index >= 15 is 0 Å². The van der Waals surface area contributed by atoms with Crippen LogP contribution in [0.3, 0.4) is 0 Å². The number of carbonyl (C=O) groups is 1. The molecule has 3 rings (SSSR count). The van der Waals surface area contributed by atoms with Gasteiger partial charge in [-0.3, -0.25) is 4.79 Å². The average Bonchev–Trinajstić information content (AvgIpc) is 2.97. The van der Waals surface area contributed by atoms with E-state index in [0.29, 0.717) is 11.3 Å². The third-order valence-corrected chi connectivity index (χ3v) is 3.26. The van der Waals surface area contributed by atoms with Crippen molar-refractivity contribution in [3.05, 3.63) is 23.8 Å². The van der Waals surface area contributed by atoms with Gasteiger partial charge in [0.25, 0.3) is 5.91 Å². The summed E-state index contributed by atoms with van der Waals surface area (Å²) < 4.78 is 10.5. The summed E-state index contributed by atoms with van der Waals surface area (Å²) >= 11 is 4.24. The average molecular weight is 487 g/mol. The van der Waals surface area contributed by atoms with E-state index in [1.807, 2.05) is 11.0 Å². The minimum atomic E-state index is 0.100. The Hall–Kier alpha value is -0.250. The lowest BCUT2D eigenvalue weighted by molar-refractivity contribution is 0.0724. The van der Waals surface area contributed by atoms with Crippen LogP contribution in [-0.4, -0.2) is 30.7 Å². The molecule has 1 saturated heterocycles. The molecule has 2 aliphatic heterocycles. The molecule has 0 N–H and O–H groups in total. The highest BCUT2D eigenvalue weighted by atomic mass is 128. The van der Waals surface area contributed by atoms with Crippen molar-refractivity contribution in [1.29, 1.82) is 0 Å². The normalized spacial score (nSPS) is 16.6. The molecule has 0 aromatic heterocycles. The first-order valence-corrected chi connectivity index (χ1v) is 12.5. The van der Waals surface area contributed by atoms with Crippen LogP contribution in [0.2, 0.25) is 0 Å². The number of hydrogen-bond donors (Lipinski definition) is 0. The summed E-state index contributed by atoms with van der Waals surface area (Å²) in [4.78, 5) is 14.1. The molecule has 1 amide bonds. The second kappa shape index (κ2) is 7.51. The number of halogens is 2. The number of amides is 1. The van der Waals surface area contributed by atoms with Crippen LogP contribution in [0.1, 0.15) is 29.6 Å². The van der Waals surface area contributed by atoms with Gasteiger partial charge in [0.2, 0.25) is 6.79 Å². The second-order valence-electron chi connectivity index (χ2n) is 4.42. The van der Waals surface area contributed by atoms with Gasteiger partial charge in [-0.2, -0.15) is 0 Å². The lowest BCUT2D eigenvalue weighted by atomic mass is 10.1. The summed E-state index contributed by atoms with van der Waals surface area (Å²) in [6, 6.07) is 5.39. The zero-order valence-corrected chi connectivity index (χ0v) is 14.7. The van der Waals surface area contributed by atoms with Crippen LogP contribution in [0, 0.1) is 0 Å². The largest absolute Gasteiger partial charge is 0.454 e. The van der Waals surface area contributed by atoms with Gasteiger partial charge in [0.05, 0.1) is 0 Å². The van der Waals surface area contributed by atoms with Gasteiger partial charge in [-0.15, -0.1) is 0 Å². The van der Waals surface area contributed by atoms with Crippen LogP contribution in [-0.2, 0) is 0 Å². The first-order chi connectivity index (χ1) is 9.34. The Labute approximate surface area is 136 Å². The fourth-order valence-corrected chi connectivity index (χ4v) is 2.31. The molecule has 1 fully saturated rings. The van der Waals surface area contributed by atoms with E-state index in [2.05, 4.69) is 37.2 Å². The van der Waals surface area contributed by atoms with E-state index in [1.165, 1.54) is 6.42 Å². The molecule has 0 atom stereocenters. The Morgan fingerprint density at radius 1 is 1.05 bits per heavy atom. The molecule has 2 heterocycles. The van der Waals surface area contributed by atoms with Crippen LogP contribution in [0.5, 0.6) is 11.5 Å². The van der Waals surface area contributed by atoms with Gasteiger partial charge in [-0.05, 0) is 37.5 Å². The third kappa shape index (κ3) is 3.65. The van der Waals surface area contributed by atoms with Gasteiger partial charge in [0, 0.05) is 55.9 Å². The van der Waals surface area contributed by atoms with Gasteiger partial charge < -0.3 is 14.4 Å². The van der Waals surface area contributed by atoms with Crippen molar-refractivity contribution in [2.45, 2.75) is 19.3 Å². The molecule has 104 valence electrons. The molecule has 2 aliphatic rings. The minimum Gasteiger partial charge on any atom is -0.454 e. The van der Waals surface area contributed by atoms with E-state index in [-0.39, 0.29) is 12.7 Å². The zero-order chi connectivity index (χ0) is 13.7. The fourth-order valence-electron chi connectivity index (χ4n) is 2.31. The molecule has 0 saturated carbocycles. The Morgan fingerprint density at radius 2 is 1.74 bits per heavy atom. The molecule has 0 spiro atoms. The van der Waals surface area contributed by atoms with Gasteiger partial charge in [-0.25, -0.2) is 0 Å². The molecule has 6 heteroatoms. The summed E-state index contributed by atoms with van der Waals surface area (Å²) in [5.74, 6) is 1.50. The van der Waals surface area contributed by atoms with Crippen LogP contribution in [0.15, 0.2) is 18.2 Å². The number of benzene rings is 1. The van der Waals surface area contributed by atoms with Crippen LogP contribution in [0.25, 0.3) is 0 Å². The number of nitrogens with zero attached hydrogens (tertiary/aromatic N) is 1. The SMILES string of the molecule is II.O=C(c1ccc2c(c1)OCO2)N1CCCCC1. The van der Waals surface area contributed by atoms with Crippen molar-refractivity contribution in [3.63, 3.8) is 0 Å². The quantitative estimate of drug-likeness (QED) is 0.566. The van der Waals surface area contributed by atoms with Gasteiger partial charge in [0.1, 0.15) is 0 Å². The molecular weight excluding hydrogens is 472 g/mol. The summed E-state index contributed by atoms with van der Waals surface area (Å²) in [5.41, 5.74) is 0.691. The number of likely N-dealkylation sites (tertiary alicyclic amines) is 1. The smallest absolute Gasteiger partial charge is 0.253 e. The van der Waals surface area contributed by atoms with Crippen LogP contribution >= 0.6 is 37.2 Å². The number of rotatable bonds is 1. The summed E-state index contributed by atoms with van der Waals surface area (Å²) in [6.45, 7) is 1.98. The van der Waals surface area contributed by atoms with E-state index < -0.39 is 0 Å². The Bertz CT molecular complexity index is 448. The zero-order valence-electron chi connectivity index (χ0n) is 10.4. The molecule has 1 aromatic rings. The summed E-state index contributed by atoms with van der Waals surface area (Å²) in [5, 5.41) is 0. The Kier molecular flexibility index (Phi) is 5.99. The van der Waals surface area contributed by atoms with Crippen molar-refractivity contribution in [3.8, 4) is 11.5 Å². The first kappa shape index (κ1) is 15.1. The number of piperidine rings is 1. The van der Waals surface area contributed by atoms with E-state index in [4.69, 9.17) is 9.47 Å². The maximum absolute atomic E-state index is 12.2. The van der Waals surface area contributed by atoms with E-state index in [9.17, 15) is 4.79 Å². The fraction of sp³-hybridized carbons (Fsp3) is 0.462. The predicted octanol–water partition coefficient (Wildman–Crippen LogP) is 3.81. The molecule has 0 bridgehead atoms. The Morgan fingerprint density at radius 3 is 2.47 bits per heavy atom. The highest BCUT2D eigenvalue weighted by Gasteiger charge is 2.21. The van der Waals surface area contributed by atoms with E-state index in [1.54, 1.807) is 12.1 Å². The standard InChI is InChI=1S/C13H15NO3.I2/c15-13(14-6-2-1-3-7-14)10-4-5-11-12(8-10)17-9-16-11;1-2/h4-5,8H,1-3,6-7,9H2;. The van der Waals surface area contributed by atoms with Gasteiger partial charge >= 0.3 is 0 Å². The number of fused-ring (bicyclic) bond motifs is 1.